The van der Waals surface area contributed by atoms with Gasteiger partial charge in [-0.2, -0.15) is 0 Å². The molecular weight excluding hydrogens is 247 g/mol. The molecule has 2 rings (SSSR count). The van der Waals surface area contributed by atoms with Gasteiger partial charge in [-0.25, -0.2) is 4.39 Å². The van der Waals surface area contributed by atoms with Crippen molar-refractivity contribution in [3.8, 4) is 0 Å². The SMILES string of the molecule is C=CCCN1CCN(c2ccc(F)cc2)C(=O)C1=O. The molecule has 2 amide bonds. The summed E-state index contributed by atoms with van der Waals surface area (Å²) in [6, 6.07) is 5.55. The van der Waals surface area contributed by atoms with Crippen molar-refractivity contribution in [3.05, 3.63) is 42.7 Å². The third kappa shape index (κ3) is 2.81. The number of halogens is 1. The molecule has 0 saturated carbocycles. The normalized spacial score (nSPS) is 15.8. The van der Waals surface area contributed by atoms with E-state index in [4.69, 9.17) is 0 Å². The topological polar surface area (TPSA) is 40.6 Å². The smallest absolute Gasteiger partial charge is 0.316 e. The largest absolute Gasteiger partial charge is 0.332 e. The van der Waals surface area contributed by atoms with Crippen molar-refractivity contribution in [1.82, 2.24) is 4.90 Å². The Kier molecular flexibility index (Phi) is 3.94. The van der Waals surface area contributed by atoms with Crippen molar-refractivity contribution in [2.75, 3.05) is 24.5 Å². The van der Waals surface area contributed by atoms with E-state index in [-0.39, 0.29) is 5.82 Å². The van der Waals surface area contributed by atoms with E-state index in [1.165, 1.54) is 34.1 Å². The Labute approximate surface area is 111 Å². The van der Waals surface area contributed by atoms with Crippen molar-refractivity contribution >= 4 is 17.5 Å². The maximum atomic E-state index is 12.8. The number of carbonyl (C=O) groups excluding carboxylic acids is 2. The van der Waals surface area contributed by atoms with Crippen LogP contribution in [0.5, 0.6) is 0 Å². The Bertz CT molecular complexity index is 499. The van der Waals surface area contributed by atoms with Crippen LogP contribution in [-0.2, 0) is 9.59 Å². The van der Waals surface area contributed by atoms with Crippen molar-refractivity contribution in [2.45, 2.75) is 6.42 Å². The Morgan fingerprint density at radius 2 is 1.84 bits per heavy atom. The molecule has 1 fully saturated rings. The number of carbonyl (C=O) groups is 2. The zero-order chi connectivity index (χ0) is 13.8. The molecule has 0 N–H and O–H groups in total. The molecule has 0 aliphatic carbocycles. The zero-order valence-electron chi connectivity index (χ0n) is 10.5. The van der Waals surface area contributed by atoms with Gasteiger partial charge >= 0.3 is 11.8 Å². The van der Waals surface area contributed by atoms with E-state index in [0.29, 0.717) is 31.7 Å². The highest BCUT2D eigenvalue weighted by atomic mass is 19.1. The minimum Gasteiger partial charge on any atom is -0.332 e. The van der Waals surface area contributed by atoms with Crippen molar-refractivity contribution in [2.24, 2.45) is 0 Å². The van der Waals surface area contributed by atoms with E-state index in [9.17, 15) is 14.0 Å². The van der Waals surface area contributed by atoms with Gasteiger partial charge in [-0.15, -0.1) is 6.58 Å². The summed E-state index contributed by atoms with van der Waals surface area (Å²) >= 11 is 0. The number of hydrogen-bond donors (Lipinski definition) is 0. The first-order chi connectivity index (χ1) is 9.13. The van der Waals surface area contributed by atoms with Crippen LogP contribution < -0.4 is 4.90 Å². The molecule has 0 radical (unpaired) electrons. The number of hydrogen-bond acceptors (Lipinski definition) is 2. The van der Waals surface area contributed by atoms with Gasteiger partial charge < -0.3 is 9.80 Å². The van der Waals surface area contributed by atoms with Crippen LogP contribution in [0.4, 0.5) is 10.1 Å². The van der Waals surface area contributed by atoms with E-state index in [2.05, 4.69) is 6.58 Å². The van der Waals surface area contributed by atoms with Gasteiger partial charge in [-0.05, 0) is 30.7 Å². The minimum atomic E-state index is -0.568. The molecule has 0 aromatic heterocycles. The molecule has 5 heteroatoms. The Morgan fingerprint density at radius 1 is 1.16 bits per heavy atom. The van der Waals surface area contributed by atoms with E-state index in [1.54, 1.807) is 6.08 Å². The molecule has 0 unspecified atom stereocenters. The summed E-state index contributed by atoms with van der Waals surface area (Å²) in [7, 11) is 0. The highest BCUT2D eigenvalue weighted by molar-refractivity contribution is 6.40. The minimum absolute atomic E-state index is 0.368. The summed E-state index contributed by atoms with van der Waals surface area (Å²) in [5, 5.41) is 0. The number of rotatable bonds is 4. The molecule has 100 valence electrons. The fraction of sp³-hybridized carbons (Fsp3) is 0.286. The summed E-state index contributed by atoms with van der Waals surface area (Å²) in [4.78, 5) is 26.8. The molecule has 19 heavy (non-hydrogen) atoms. The number of nitrogens with zero attached hydrogens (tertiary/aromatic N) is 2. The number of benzene rings is 1. The zero-order valence-corrected chi connectivity index (χ0v) is 10.5. The van der Waals surface area contributed by atoms with Crippen molar-refractivity contribution < 1.29 is 14.0 Å². The standard InChI is InChI=1S/C14H15FN2O2/c1-2-3-8-16-9-10-17(14(19)13(16)18)12-6-4-11(15)5-7-12/h2,4-7H,1,3,8-10H2. The molecule has 1 saturated heterocycles. The fourth-order valence-electron chi connectivity index (χ4n) is 2.00. The number of amides is 2. The Morgan fingerprint density at radius 3 is 2.47 bits per heavy atom. The van der Waals surface area contributed by atoms with Crippen LogP contribution in [0.25, 0.3) is 0 Å². The summed E-state index contributed by atoms with van der Waals surface area (Å²) in [5.41, 5.74) is 0.545. The lowest BCUT2D eigenvalue weighted by Gasteiger charge is -2.33. The maximum absolute atomic E-state index is 12.8. The first kappa shape index (κ1) is 13.3. The van der Waals surface area contributed by atoms with E-state index in [1.807, 2.05) is 0 Å². The molecule has 1 aromatic carbocycles. The Balaban J connectivity index is 2.10. The molecular formula is C14H15FN2O2. The van der Waals surface area contributed by atoms with Gasteiger partial charge in [0.15, 0.2) is 0 Å². The number of piperazine rings is 1. The Hall–Kier alpha value is -2.17. The van der Waals surface area contributed by atoms with Crippen LogP contribution in [0.2, 0.25) is 0 Å². The first-order valence-corrected chi connectivity index (χ1v) is 6.10. The summed E-state index contributed by atoms with van der Waals surface area (Å²) in [6.45, 7) is 5.00. The third-order valence-corrected chi connectivity index (χ3v) is 3.05. The highest BCUT2D eigenvalue weighted by Crippen LogP contribution is 2.18. The predicted octanol–water partition coefficient (Wildman–Crippen LogP) is 1.58. The molecule has 0 bridgehead atoms. The van der Waals surface area contributed by atoms with Gasteiger partial charge in [0.1, 0.15) is 5.82 Å². The second kappa shape index (κ2) is 5.65. The first-order valence-electron chi connectivity index (χ1n) is 6.10. The lowest BCUT2D eigenvalue weighted by molar-refractivity contribution is -0.146. The van der Waals surface area contributed by atoms with Gasteiger partial charge in [0.25, 0.3) is 0 Å². The van der Waals surface area contributed by atoms with E-state index < -0.39 is 11.8 Å². The second-order valence-corrected chi connectivity index (χ2v) is 4.30. The fourth-order valence-corrected chi connectivity index (χ4v) is 2.00. The van der Waals surface area contributed by atoms with Crippen LogP contribution in [0, 0.1) is 5.82 Å². The average Bonchev–Trinajstić information content (AvgIpc) is 2.42. The monoisotopic (exact) mass is 262 g/mol. The number of anilines is 1. The van der Waals surface area contributed by atoms with Crippen molar-refractivity contribution in [1.29, 1.82) is 0 Å². The quantitative estimate of drug-likeness (QED) is 0.610. The maximum Gasteiger partial charge on any atom is 0.316 e. The lowest BCUT2D eigenvalue weighted by atomic mass is 10.2. The summed E-state index contributed by atoms with van der Waals surface area (Å²) < 4.78 is 12.8. The summed E-state index contributed by atoms with van der Waals surface area (Å²) in [5.74, 6) is -1.45. The second-order valence-electron chi connectivity index (χ2n) is 4.30. The molecule has 4 nitrogen and oxygen atoms in total. The molecule has 1 aliphatic rings. The molecule has 1 aliphatic heterocycles. The third-order valence-electron chi connectivity index (χ3n) is 3.05. The molecule has 1 heterocycles. The van der Waals surface area contributed by atoms with Gasteiger partial charge in [0, 0.05) is 25.3 Å². The van der Waals surface area contributed by atoms with Crippen LogP contribution in [-0.4, -0.2) is 36.3 Å². The average molecular weight is 262 g/mol. The van der Waals surface area contributed by atoms with Gasteiger partial charge in [-0.3, -0.25) is 9.59 Å². The van der Waals surface area contributed by atoms with Crippen molar-refractivity contribution in [3.63, 3.8) is 0 Å². The molecule has 0 atom stereocenters. The summed E-state index contributed by atoms with van der Waals surface area (Å²) in [6.07, 6.45) is 2.37. The van der Waals surface area contributed by atoms with E-state index >= 15 is 0 Å². The van der Waals surface area contributed by atoms with E-state index in [0.717, 1.165) is 0 Å². The van der Waals surface area contributed by atoms with Gasteiger partial charge in [0.05, 0.1) is 0 Å². The van der Waals surface area contributed by atoms with Crippen LogP contribution >= 0.6 is 0 Å². The predicted molar refractivity (Wildman–Crippen MR) is 70.1 cm³/mol. The highest BCUT2D eigenvalue weighted by Gasteiger charge is 2.32. The lowest BCUT2D eigenvalue weighted by Crippen LogP contribution is -2.54. The molecule has 1 aromatic rings. The van der Waals surface area contributed by atoms with Gasteiger partial charge in [0.2, 0.25) is 0 Å². The van der Waals surface area contributed by atoms with Crippen LogP contribution in [0.3, 0.4) is 0 Å². The van der Waals surface area contributed by atoms with Gasteiger partial charge in [-0.1, -0.05) is 6.08 Å². The van der Waals surface area contributed by atoms with Crippen LogP contribution in [0.15, 0.2) is 36.9 Å². The van der Waals surface area contributed by atoms with Crippen LogP contribution in [0.1, 0.15) is 6.42 Å². The molecule has 0 spiro atoms.